The number of nitrogens with one attached hydrogen (secondary N) is 1. The molecule has 4 heteroatoms. The molecule has 2 aliphatic carbocycles. The van der Waals surface area contributed by atoms with Crippen LogP contribution in [0.3, 0.4) is 0 Å². The second-order valence-corrected chi connectivity index (χ2v) is 7.88. The Morgan fingerprint density at radius 1 is 1.06 bits per heavy atom. The standard InChI is InChI=1S/C13H25NO2S/c1-2-14-12-8-5-9-13(12)17(15,16)10-11-6-3-4-7-11/h11-14H,2-10H2,1H3. The maximum absolute atomic E-state index is 12.4. The largest absolute Gasteiger partial charge is 0.313 e. The number of rotatable bonds is 5. The van der Waals surface area contributed by atoms with Crippen molar-refractivity contribution in [2.75, 3.05) is 12.3 Å². The Morgan fingerprint density at radius 2 is 1.76 bits per heavy atom. The lowest BCUT2D eigenvalue weighted by molar-refractivity contribution is 0.505. The van der Waals surface area contributed by atoms with E-state index in [9.17, 15) is 8.42 Å². The van der Waals surface area contributed by atoms with Crippen molar-refractivity contribution < 1.29 is 8.42 Å². The van der Waals surface area contributed by atoms with E-state index in [0.717, 1.165) is 38.6 Å². The van der Waals surface area contributed by atoms with E-state index in [1.807, 2.05) is 0 Å². The zero-order chi connectivity index (χ0) is 12.3. The fraction of sp³-hybridized carbons (Fsp3) is 1.00. The molecule has 2 saturated carbocycles. The van der Waals surface area contributed by atoms with Crippen LogP contribution in [-0.2, 0) is 9.84 Å². The Bertz CT molecular complexity index is 333. The zero-order valence-corrected chi connectivity index (χ0v) is 11.6. The van der Waals surface area contributed by atoms with Crippen LogP contribution in [-0.4, -0.2) is 32.0 Å². The van der Waals surface area contributed by atoms with Crippen LogP contribution >= 0.6 is 0 Å². The van der Waals surface area contributed by atoms with Gasteiger partial charge in [-0.25, -0.2) is 8.42 Å². The second-order valence-electron chi connectivity index (χ2n) is 5.61. The van der Waals surface area contributed by atoms with Crippen LogP contribution in [0.15, 0.2) is 0 Å². The van der Waals surface area contributed by atoms with Gasteiger partial charge in [0.15, 0.2) is 9.84 Å². The Balaban J connectivity index is 1.98. The van der Waals surface area contributed by atoms with E-state index < -0.39 is 9.84 Å². The van der Waals surface area contributed by atoms with Crippen LogP contribution < -0.4 is 5.32 Å². The average molecular weight is 259 g/mol. The number of hydrogen-bond acceptors (Lipinski definition) is 3. The molecule has 0 aliphatic heterocycles. The molecule has 2 unspecified atom stereocenters. The SMILES string of the molecule is CCNC1CCCC1S(=O)(=O)CC1CCCC1. The van der Waals surface area contributed by atoms with Gasteiger partial charge in [0.1, 0.15) is 0 Å². The molecule has 2 aliphatic rings. The predicted octanol–water partition coefficient (Wildman–Crippen LogP) is 2.12. The van der Waals surface area contributed by atoms with Gasteiger partial charge < -0.3 is 5.32 Å². The van der Waals surface area contributed by atoms with Crippen LogP contribution in [0.25, 0.3) is 0 Å². The Kier molecular flexibility index (Phi) is 4.47. The molecule has 2 rings (SSSR count). The number of sulfone groups is 1. The van der Waals surface area contributed by atoms with E-state index in [0.29, 0.717) is 11.7 Å². The Hall–Kier alpha value is -0.0900. The summed E-state index contributed by atoms with van der Waals surface area (Å²) >= 11 is 0. The molecule has 0 aromatic carbocycles. The van der Waals surface area contributed by atoms with Crippen LogP contribution in [0.5, 0.6) is 0 Å². The van der Waals surface area contributed by atoms with Gasteiger partial charge in [-0.15, -0.1) is 0 Å². The average Bonchev–Trinajstić information content (AvgIpc) is 2.88. The molecule has 1 N–H and O–H groups in total. The summed E-state index contributed by atoms with van der Waals surface area (Å²) in [6.07, 6.45) is 7.65. The molecule has 3 nitrogen and oxygen atoms in total. The molecule has 0 spiro atoms. The lowest BCUT2D eigenvalue weighted by atomic mass is 10.1. The van der Waals surface area contributed by atoms with Crippen molar-refractivity contribution in [2.24, 2.45) is 5.92 Å². The molecule has 0 radical (unpaired) electrons. The first kappa shape index (κ1) is 13.3. The van der Waals surface area contributed by atoms with Gasteiger partial charge in [0.25, 0.3) is 0 Å². The molecule has 2 fully saturated rings. The van der Waals surface area contributed by atoms with Gasteiger partial charge in [0.05, 0.1) is 11.0 Å². The first-order valence-electron chi connectivity index (χ1n) is 7.08. The van der Waals surface area contributed by atoms with E-state index in [2.05, 4.69) is 12.2 Å². The molecule has 17 heavy (non-hydrogen) atoms. The highest BCUT2D eigenvalue weighted by molar-refractivity contribution is 7.92. The van der Waals surface area contributed by atoms with Gasteiger partial charge in [-0.1, -0.05) is 26.2 Å². The Morgan fingerprint density at radius 3 is 2.41 bits per heavy atom. The minimum absolute atomic E-state index is 0.108. The zero-order valence-electron chi connectivity index (χ0n) is 10.8. The summed E-state index contributed by atoms with van der Waals surface area (Å²) in [5.41, 5.74) is 0. The van der Waals surface area contributed by atoms with Crippen LogP contribution in [0.4, 0.5) is 0 Å². The monoisotopic (exact) mass is 259 g/mol. The van der Waals surface area contributed by atoms with Crippen LogP contribution in [0.2, 0.25) is 0 Å². The highest BCUT2D eigenvalue weighted by Gasteiger charge is 2.38. The second kappa shape index (κ2) is 5.70. The first-order chi connectivity index (χ1) is 8.13. The predicted molar refractivity (Wildman–Crippen MR) is 70.8 cm³/mol. The lowest BCUT2D eigenvalue weighted by Gasteiger charge is -2.22. The van der Waals surface area contributed by atoms with Gasteiger partial charge >= 0.3 is 0 Å². The maximum Gasteiger partial charge on any atom is 0.154 e. The van der Waals surface area contributed by atoms with Crippen molar-refractivity contribution in [2.45, 2.75) is 63.2 Å². The van der Waals surface area contributed by atoms with Gasteiger partial charge in [0, 0.05) is 6.04 Å². The van der Waals surface area contributed by atoms with Crippen molar-refractivity contribution in [1.29, 1.82) is 0 Å². The summed E-state index contributed by atoms with van der Waals surface area (Å²) in [5, 5.41) is 3.24. The van der Waals surface area contributed by atoms with Crippen LogP contribution in [0.1, 0.15) is 51.9 Å². The summed E-state index contributed by atoms with van der Waals surface area (Å²) in [6, 6.07) is 0.214. The summed E-state index contributed by atoms with van der Waals surface area (Å²) in [6.45, 7) is 2.93. The fourth-order valence-electron chi connectivity index (χ4n) is 3.48. The highest BCUT2D eigenvalue weighted by Crippen LogP contribution is 2.31. The molecule has 100 valence electrons. The van der Waals surface area contributed by atoms with E-state index in [1.165, 1.54) is 12.8 Å². The molecule has 0 aromatic heterocycles. The third kappa shape index (κ3) is 3.22. The van der Waals surface area contributed by atoms with E-state index in [-0.39, 0.29) is 11.3 Å². The molecule has 0 saturated heterocycles. The summed E-state index contributed by atoms with van der Waals surface area (Å²) in [7, 11) is -2.88. The molecule has 0 bridgehead atoms. The third-order valence-electron chi connectivity index (χ3n) is 4.32. The van der Waals surface area contributed by atoms with Crippen molar-refractivity contribution in [3.63, 3.8) is 0 Å². The maximum atomic E-state index is 12.4. The van der Waals surface area contributed by atoms with Gasteiger partial charge in [-0.2, -0.15) is 0 Å². The minimum Gasteiger partial charge on any atom is -0.313 e. The topological polar surface area (TPSA) is 46.2 Å². The van der Waals surface area contributed by atoms with Gasteiger partial charge in [-0.05, 0) is 38.1 Å². The molecule has 0 aromatic rings. The smallest absolute Gasteiger partial charge is 0.154 e. The normalized spacial score (nSPS) is 31.1. The summed E-state index contributed by atoms with van der Waals surface area (Å²) < 4.78 is 24.9. The van der Waals surface area contributed by atoms with E-state index in [1.54, 1.807) is 0 Å². The summed E-state index contributed by atoms with van der Waals surface area (Å²) in [5.74, 6) is 0.891. The molecular formula is C13H25NO2S. The lowest BCUT2D eigenvalue weighted by Crippen LogP contribution is -2.41. The minimum atomic E-state index is -2.88. The Labute approximate surface area is 105 Å². The quantitative estimate of drug-likeness (QED) is 0.822. The fourth-order valence-corrected chi connectivity index (χ4v) is 5.98. The van der Waals surface area contributed by atoms with Crippen molar-refractivity contribution in [1.82, 2.24) is 5.32 Å². The molecule has 0 amide bonds. The highest BCUT2D eigenvalue weighted by atomic mass is 32.2. The van der Waals surface area contributed by atoms with Crippen LogP contribution in [0, 0.1) is 5.92 Å². The van der Waals surface area contributed by atoms with Crippen molar-refractivity contribution in [3.05, 3.63) is 0 Å². The first-order valence-corrected chi connectivity index (χ1v) is 8.80. The molecule has 2 atom stereocenters. The van der Waals surface area contributed by atoms with E-state index >= 15 is 0 Å². The molecule has 0 heterocycles. The van der Waals surface area contributed by atoms with Crippen molar-refractivity contribution >= 4 is 9.84 Å². The summed E-state index contributed by atoms with van der Waals surface area (Å²) in [4.78, 5) is 0. The van der Waals surface area contributed by atoms with Gasteiger partial charge in [0.2, 0.25) is 0 Å². The van der Waals surface area contributed by atoms with Gasteiger partial charge in [-0.3, -0.25) is 0 Å². The number of hydrogen-bond donors (Lipinski definition) is 1. The van der Waals surface area contributed by atoms with Crippen molar-refractivity contribution in [3.8, 4) is 0 Å². The third-order valence-corrected chi connectivity index (χ3v) is 6.75. The molecular weight excluding hydrogens is 234 g/mol. The van der Waals surface area contributed by atoms with E-state index in [4.69, 9.17) is 0 Å².